The van der Waals surface area contributed by atoms with Crippen LogP contribution in [-0.2, 0) is 4.74 Å². The third-order valence-corrected chi connectivity index (χ3v) is 4.84. The Labute approximate surface area is 165 Å². The number of morpholine rings is 1. The van der Waals surface area contributed by atoms with Gasteiger partial charge >= 0.3 is 0 Å². The van der Waals surface area contributed by atoms with E-state index in [0.29, 0.717) is 43.9 Å². The molecular weight excluding hydrogens is 388 g/mol. The summed E-state index contributed by atoms with van der Waals surface area (Å²) in [4.78, 5) is 23.1. The number of anilines is 2. The van der Waals surface area contributed by atoms with Crippen molar-refractivity contribution in [3.05, 3.63) is 42.2 Å². The van der Waals surface area contributed by atoms with Gasteiger partial charge in [0.1, 0.15) is 18.0 Å². The highest BCUT2D eigenvalue weighted by molar-refractivity contribution is 7.99. The number of hydrogen-bond donors (Lipinski definition) is 2. The fourth-order valence-electron chi connectivity index (χ4n) is 2.72. The van der Waals surface area contributed by atoms with Crippen LogP contribution < -0.4 is 15.5 Å². The minimum Gasteiger partial charge on any atom is -0.378 e. The van der Waals surface area contributed by atoms with E-state index >= 15 is 0 Å². The van der Waals surface area contributed by atoms with E-state index < -0.39 is 5.76 Å². The van der Waals surface area contributed by atoms with E-state index in [1.165, 1.54) is 18.5 Å². The molecule has 0 saturated carbocycles. The molecule has 7 nitrogen and oxygen atoms in total. The van der Waals surface area contributed by atoms with Gasteiger partial charge in [-0.3, -0.25) is 4.79 Å². The first-order valence-corrected chi connectivity index (χ1v) is 9.72. The Balaban J connectivity index is 1.49. The molecule has 1 aromatic heterocycles. The van der Waals surface area contributed by atoms with Gasteiger partial charge in [0.25, 0.3) is 11.7 Å². The number of aromatic nitrogens is 2. The summed E-state index contributed by atoms with van der Waals surface area (Å²) in [6.45, 7) is 3.66. The van der Waals surface area contributed by atoms with Crippen LogP contribution in [0.2, 0.25) is 0 Å². The van der Waals surface area contributed by atoms with E-state index in [1.807, 2.05) is 6.07 Å². The van der Waals surface area contributed by atoms with Crippen molar-refractivity contribution in [2.24, 2.45) is 0 Å². The van der Waals surface area contributed by atoms with Crippen molar-refractivity contribution >= 4 is 29.3 Å². The van der Waals surface area contributed by atoms with Crippen LogP contribution in [0.4, 0.5) is 20.4 Å². The van der Waals surface area contributed by atoms with Crippen molar-refractivity contribution < 1.29 is 18.3 Å². The topological polar surface area (TPSA) is 79.4 Å². The van der Waals surface area contributed by atoms with Gasteiger partial charge in [-0.1, -0.05) is 23.9 Å². The number of nitrogens with one attached hydrogen (secondary N) is 2. The fourth-order valence-corrected chi connectivity index (χ4v) is 3.36. The molecule has 10 heteroatoms. The molecule has 2 N–H and O–H groups in total. The van der Waals surface area contributed by atoms with Crippen molar-refractivity contribution in [2.75, 3.05) is 49.6 Å². The Morgan fingerprint density at radius 1 is 1.21 bits per heavy atom. The van der Waals surface area contributed by atoms with Crippen LogP contribution in [0.15, 0.2) is 41.6 Å². The summed E-state index contributed by atoms with van der Waals surface area (Å²) in [5.41, 5.74) is 0.240. The summed E-state index contributed by atoms with van der Waals surface area (Å²) in [5.74, 6) is -1.49. The zero-order valence-corrected chi connectivity index (χ0v) is 15.9. The smallest absolute Gasteiger partial charge is 0.288 e. The first kappa shape index (κ1) is 20.3. The minimum absolute atomic E-state index is 0.240. The molecule has 1 fully saturated rings. The molecule has 1 aliphatic heterocycles. The van der Waals surface area contributed by atoms with Gasteiger partial charge in [-0.05, 0) is 12.1 Å². The number of rotatable bonds is 8. The molecule has 1 amide bonds. The van der Waals surface area contributed by atoms with Gasteiger partial charge in [0.05, 0.1) is 18.8 Å². The highest BCUT2D eigenvalue weighted by Gasteiger charge is 2.15. The molecule has 2 aromatic rings. The van der Waals surface area contributed by atoms with Crippen LogP contribution in [0.5, 0.6) is 0 Å². The van der Waals surface area contributed by atoms with E-state index in [4.69, 9.17) is 4.74 Å². The zero-order valence-electron chi connectivity index (χ0n) is 15.1. The van der Waals surface area contributed by atoms with Crippen LogP contribution in [0.25, 0.3) is 0 Å². The van der Waals surface area contributed by atoms with Crippen LogP contribution in [0.3, 0.4) is 0 Å². The molecule has 0 unspecified atom stereocenters. The number of halogens is 2. The lowest BCUT2D eigenvalue weighted by Crippen LogP contribution is -2.36. The lowest BCUT2D eigenvalue weighted by molar-refractivity contribution is 0.0952. The highest BCUT2D eigenvalue weighted by atomic mass is 32.2. The predicted molar refractivity (Wildman–Crippen MR) is 104 cm³/mol. The third kappa shape index (κ3) is 5.77. The van der Waals surface area contributed by atoms with E-state index in [9.17, 15) is 13.6 Å². The molecule has 2 heterocycles. The molecular formula is C18H21F2N5O2S. The first-order valence-electron chi connectivity index (χ1n) is 8.84. The van der Waals surface area contributed by atoms with Gasteiger partial charge in [0.2, 0.25) is 0 Å². The Kier molecular flexibility index (Phi) is 7.38. The summed E-state index contributed by atoms with van der Waals surface area (Å²) < 4.78 is 30.6. The molecule has 0 spiro atoms. The van der Waals surface area contributed by atoms with Gasteiger partial charge in [-0.15, -0.1) is 0 Å². The second-order valence-electron chi connectivity index (χ2n) is 5.92. The Bertz CT molecular complexity index is 790. The molecule has 0 atom stereocenters. The highest BCUT2D eigenvalue weighted by Crippen LogP contribution is 2.28. The minimum atomic E-state index is -2.57. The van der Waals surface area contributed by atoms with E-state index in [0.717, 1.165) is 18.9 Å². The molecule has 1 saturated heterocycles. The second kappa shape index (κ2) is 10.2. The van der Waals surface area contributed by atoms with Crippen LogP contribution >= 0.6 is 11.8 Å². The Morgan fingerprint density at radius 2 is 2.00 bits per heavy atom. The van der Waals surface area contributed by atoms with Crippen molar-refractivity contribution in [1.82, 2.24) is 15.3 Å². The SMILES string of the molecule is O=C(NCCNc1cc(N2CCOCC2)ncn1)c1ccccc1SC(F)F. The number of benzene rings is 1. The maximum Gasteiger partial charge on any atom is 0.288 e. The molecule has 3 rings (SSSR count). The number of thioether (sulfide) groups is 1. The molecule has 0 aliphatic carbocycles. The first-order chi connectivity index (χ1) is 13.6. The quantitative estimate of drug-likeness (QED) is 0.512. The molecule has 1 aliphatic rings. The van der Waals surface area contributed by atoms with Gasteiger partial charge < -0.3 is 20.3 Å². The summed E-state index contributed by atoms with van der Waals surface area (Å²) in [5, 5.41) is 5.86. The lowest BCUT2D eigenvalue weighted by atomic mass is 10.2. The maximum atomic E-state index is 12.6. The third-order valence-electron chi connectivity index (χ3n) is 4.05. The molecule has 150 valence electrons. The number of carbonyl (C=O) groups excluding carboxylic acids is 1. The number of alkyl halides is 2. The lowest BCUT2D eigenvalue weighted by Gasteiger charge is -2.27. The summed E-state index contributed by atoms with van der Waals surface area (Å²) in [6, 6.07) is 8.17. The number of ether oxygens (including phenoxy) is 1. The van der Waals surface area contributed by atoms with E-state index in [-0.39, 0.29) is 16.4 Å². The fraction of sp³-hybridized carbons (Fsp3) is 0.389. The van der Waals surface area contributed by atoms with Gasteiger partial charge in [-0.25, -0.2) is 9.97 Å². The Hall–Kier alpha value is -2.46. The molecule has 0 radical (unpaired) electrons. The normalized spacial score (nSPS) is 14.2. The van der Waals surface area contributed by atoms with Crippen molar-refractivity contribution in [3.8, 4) is 0 Å². The second-order valence-corrected chi connectivity index (χ2v) is 6.95. The summed E-state index contributed by atoms with van der Waals surface area (Å²) >= 11 is 0.364. The summed E-state index contributed by atoms with van der Waals surface area (Å²) in [6.07, 6.45) is 1.49. The number of nitrogens with zero attached hydrogens (tertiary/aromatic N) is 3. The predicted octanol–water partition coefficient (Wildman–Crippen LogP) is 2.47. The standard InChI is InChI=1S/C18H21F2N5O2S/c19-18(20)28-14-4-2-1-3-13(14)17(26)22-6-5-21-15-11-16(24-12-23-15)25-7-9-27-10-8-25/h1-4,11-12,18H,5-10H2,(H,22,26)(H,21,23,24). The molecule has 28 heavy (non-hydrogen) atoms. The number of carbonyl (C=O) groups is 1. The number of amides is 1. The largest absolute Gasteiger partial charge is 0.378 e. The van der Waals surface area contributed by atoms with Crippen molar-refractivity contribution in [2.45, 2.75) is 10.7 Å². The van der Waals surface area contributed by atoms with Crippen molar-refractivity contribution in [1.29, 1.82) is 0 Å². The average molecular weight is 409 g/mol. The van der Waals surface area contributed by atoms with Gasteiger partial charge in [-0.2, -0.15) is 8.78 Å². The van der Waals surface area contributed by atoms with Crippen LogP contribution in [-0.4, -0.2) is 61.0 Å². The maximum absolute atomic E-state index is 12.6. The Morgan fingerprint density at radius 3 is 2.79 bits per heavy atom. The van der Waals surface area contributed by atoms with Crippen molar-refractivity contribution in [3.63, 3.8) is 0 Å². The molecule has 0 bridgehead atoms. The van der Waals surface area contributed by atoms with Gasteiger partial charge in [0.15, 0.2) is 0 Å². The van der Waals surface area contributed by atoms with E-state index in [2.05, 4.69) is 25.5 Å². The van der Waals surface area contributed by atoms with Gasteiger partial charge in [0, 0.05) is 37.1 Å². The van der Waals surface area contributed by atoms with Crippen LogP contribution in [0, 0.1) is 0 Å². The monoisotopic (exact) mass is 409 g/mol. The van der Waals surface area contributed by atoms with E-state index in [1.54, 1.807) is 12.1 Å². The average Bonchev–Trinajstić information content (AvgIpc) is 2.72. The number of hydrogen-bond acceptors (Lipinski definition) is 7. The summed E-state index contributed by atoms with van der Waals surface area (Å²) in [7, 11) is 0. The molecule has 1 aromatic carbocycles. The zero-order chi connectivity index (χ0) is 19.8. The van der Waals surface area contributed by atoms with Crippen LogP contribution in [0.1, 0.15) is 10.4 Å².